The summed E-state index contributed by atoms with van der Waals surface area (Å²) in [5.74, 6) is -0.505. The maximum Gasteiger partial charge on any atom is 0.318 e. The van der Waals surface area contributed by atoms with Crippen LogP contribution in [0.5, 0.6) is 0 Å². The van der Waals surface area contributed by atoms with Gasteiger partial charge in [0, 0.05) is 5.92 Å². The molecule has 0 aliphatic heterocycles. The van der Waals surface area contributed by atoms with Gasteiger partial charge in [-0.05, 0) is 17.3 Å². The van der Waals surface area contributed by atoms with Gasteiger partial charge in [0.1, 0.15) is 0 Å². The number of amides is 3. The maximum atomic E-state index is 11.9. The van der Waals surface area contributed by atoms with Gasteiger partial charge in [0.05, 0.1) is 0 Å². The number of nitrogens with one attached hydrogen (secondary N) is 1. The van der Waals surface area contributed by atoms with E-state index in [1.54, 1.807) is 0 Å². The molecule has 4 nitrogen and oxygen atoms in total. The minimum atomic E-state index is -0.784. The fourth-order valence-electron chi connectivity index (χ4n) is 1.61. The van der Waals surface area contributed by atoms with Crippen LogP contribution in [-0.2, 0) is 4.79 Å². The molecule has 3 N–H and O–H groups in total. The van der Waals surface area contributed by atoms with Gasteiger partial charge in [-0.25, -0.2) is 4.79 Å². The molecule has 1 unspecified atom stereocenters. The highest BCUT2D eigenvalue weighted by Gasteiger charge is 2.34. The van der Waals surface area contributed by atoms with Crippen LogP contribution in [-0.4, -0.2) is 11.9 Å². The molecule has 0 radical (unpaired) electrons. The first kappa shape index (κ1) is 14.9. The van der Waals surface area contributed by atoms with Gasteiger partial charge < -0.3 is 5.73 Å². The van der Waals surface area contributed by atoms with Gasteiger partial charge in [0.15, 0.2) is 0 Å². The van der Waals surface area contributed by atoms with Crippen molar-refractivity contribution in [1.82, 2.24) is 5.32 Å². The molecule has 0 heterocycles. The summed E-state index contributed by atoms with van der Waals surface area (Å²) in [5.41, 5.74) is 4.81. The van der Waals surface area contributed by atoms with Crippen LogP contribution in [0.25, 0.3) is 0 Å². The molecule has 94 valence electrons. The van der Waals surface area contributed by atoms with Crippen LogP contribution in [0.15, 0.2) is 0 Å². The van der Waals surface area contributed by atoms with Gasteiger partial charge in [-0.2, -0.15) is 0 Å². The molecule has 0 aromatic rings. The molecule has 0 rings (SSSR count). The van der Waals surface area contributed by atoms with Crippen LogP contribution < -0.4 is 11.1 Å². The van der Waals surface area contributed by atoms with Crippen molar-refractivity contribution >= 4 is 11.9 Å². The Kier molecular flexibility index (Phi) is 4.53. The van der Waals surface area contributed by atoms with Gasteiger partial charge in [-0.1, -0.05) is 41.5 Å². The second kappa shape index (κ2) is 4.85. The zero-order valence-electron chi connectivity index (χ0n) is 11.2. The van der Waals surface area contributed by atoms with Crippen molar-refractivity contribution in [3.05, 3.63) is 0 Å². The van der Waals surface area contributed by atoms with Gasteiger partial charge in [0.2, 0.25) is 5.91 Å². The fourth-order valence-corrected chi connectivity index (χ4v) is 1.61. The highest BCUT2D eigenvalue weighted by molar-refractivity contribution is 5.95. The van der Waals surface area contributed by atoms with E-state index in [-0.39, 0.29) is 22.7 Å². The van der Waals surface area contributed by atoms with Crippen molar-refractivity contribution in [3.8, 4) is 0 Å². The minimum Gasteiger partial charge on any atom is -0.351 e. The first-order chi connectivity index (χ1) is 6.93. The topological polar surface area (TPSA) is 72.2 Å². The van der Waals surface area contributed by atoms with E-state index >= 15 is 0 Å². The molecule has 16 heavy (non-hydrogen) atoms. The maximum absolute atomic E-state index is 11.9. The number of nitrogens with two attached hydrogens (primary N) is 1. The number of rotatable bonds is 2. The average Bonchev–Trinajstić information content (AvgIpc) is 1.94. The SMILES string of the molecule is CC(C)(C)CC(C(=O)NC(N)=O)C(C)(C)C. The van der Waals surface area contributed by atoms with E-state index in [1.807, 2.05) is 20.8 Å². The first-order valence-corrected chi connectivity index (χ1v) is 5.54. The standard InChI is InChI=1S/C12H24N2O2/c1-11(2,3)7-8(12(4,5)6)9(15)14-10(13)16/h8H,7H2,1-6H3,(H3,13,14,15,16). The Morgan fingerprint density at radius 3 is 1.81 bits per heavy atom. The second-order valence-corrected chi connectivity index (χ2v) is 6.54. The Balaban J connectivity index is 4.83. The Morgan fingerprint density at radius 1 is 1.12 bits per heavy atom. The first-order valence-electron chi connectivity index (χ1n) is 5.54. The van der Waals surface area contributed by atoms with Gasteiger partial charge in [-0.3, -0.25) is 10.1 Å². The molecule has 0 aliphatic rings. The molecule has 0 bridgehead atoms. The predicted molar refractivity (Wildman–Crippen MR) is 64.7 cm³/mol. The van der Waals surface area contributed by atoms with E-state index in [4.69, 9.17) is 5.73 Å². The average molecular weight is 228 g/mol. The van der Waals surface area contributed by atoms with Crippen LogP contribution in [0.4, 0.5) is 4.79 Å². The van der Waals surface area contributed by atoms with E-state index in [0.717, 1.165) is 6.42 Å². The van der Waals surface area contributed by atoms with Gasteiger partial charge >= 0.3 is 6.03 Å². The van der Waals surface area contributed by atoms with E-state index in [2.05, 4.69) is 26.1 Å². The molecular formula is C12H24N2O2. The summed E-state index contributed by atoms with van der Waals surface area (Å²) in [4.78, 5) is 22.6. The lowest BCUT2D eigenvalue weighted by Crippen LogP contribution is -2.44. The van der Waals surface area contributed by atoms with Crippen molar-refractivity contribution in [2.75, 3.05) is 0 Å². The molecular weight excluding hydrogens is 204 g/mol. The van der Waals surface area contributed by atoms with Crippen molar-refractivity contribution in [2.45, 2.75) is 48.0 Å². The van der Waals surface area contributed by atoms with E-state index in [9.17, 15) is 9.59 Å². The largest absolute Gasteiger partial charge is 0.351 e. The van der Waals surface area contributed by atoms with Gasteiger partial charge in [-0.15, -0.1) is 0 Å². The zero-order valence-corrected chi connectivity index (χ0v) is 11.2. The normalized spacial score (nSPS) is 14.4. The molecule has 0 spiro atoms. The summed E-state index contributed by atoms with van der Waals surface area (Å²) in [6.45, 7) is 12.2. The van der Waals surface area contributed by atoms with Crippen molar-refractivity contribution < 1.29 is 9.59 Å². The molecule has 3 amide bonds. The van der Waals surface area contributed by atoms with E-state index in [0.29, 0.717) is 0 Å². The molecule has 0 aromatic carbocycles. The molecule has 1 atom stereocenters. The smallest absolute Gasteiger partial charge is 0.318 e. The van der Waals surface area contributed by atoms with E-state index in [1.165, 1.54) is 0 Å². The number of urea groups is 1. The summed E-state index contributed by atoms with van der Waals surface area (Å²) < 4.78 is 0. The quantitative estimate of drug-likeness (QED) is 0.761. The summed E-state index contributed by atoms with van der Waals surface area (Å²) in [7, 11) is 0. The Bertz CT molecular complexity index is 272. The lowest BCUT2D eigenvalue weighted by atomic mass is 9.72. The third kappa shape index (κ3) is 5.73. The third-order valence-electron chi connectivity index (χ3n) is 2.42. The van der Waals surface area contributed by atoms with Crippen LogP contribution >= 0.6 is 0 Å². The highest BCUT2D eigenvalue weighted by Crippen LogP contribution is 2.35. The zero-order chi connectivity index (χ0) is 13.1. The molecule has 0 fully saturated rings. The Hall–Kier alpha value is -1.06. The highest BCUT2D eigenvalue weighted by atomic mass is 16.2. The molecule has 0 aromatic heterocycles. The second-order valence-electron chi connectivity index (χ2n) is 6.54. The van der Waals surface area contributed by atoms with Crippen LogP contribution in [0.1, 0.15) is 48.0 Å². The number of carbonyl (C=O) groups excluding carboxylic acids is 2. The van der Waals surface area contributed by atoms with Gasteiger partial charge in [0.25, 0.3) is 0 Å². The number of hydrogen-bond donors (Lipinski definition) is 2. The predicted octanol–water partition coefficient (Wildman–Crippen LogP) is 2.28. The lowest BCUT2D eigenvalue weighted by Gasteiger charge is -2.34. The van der Waals surface area contributed by atoms with E-state index < -0.39 is 6.03 Å². The number of carbonyl (C=O) groups is 2. The van der Waals surface area contributed by atoms with Crippen molar-refractivity contribution in [3.63, 3.8) is 0 Å². The molecule has 0 saturated heterocycles. The van der Waals surface area contributed by atoms with Crippen LogP contribution in [0.2, 0.25) is 0 Å². The number of hydrogen-bond acceptors (Lipinski definition) is 2. The molecule has 4 heteroatoms. The Labute approximate surface area is 98.0 Å². The third-order valence-corrected chi connectivity index (χ3v) is 2.42. The monoisotopic (exact) mass is 228 g/mol. The summed E-state index contributed by atoms with van der Waals surface area (Å²) in [6, 6.07) is -0.784. The number of primary amides is 1. The fraction of sp³-hybridized carbons (Fsp3) is 0.833. The molecule has 0 saturated carbocycles. The molecule has 0 aliphatic carbocycles. The van der Waals surface area contributed by atoms with Crippen LogP contribution in [0.3, 0.4) is 0 Å². The summed E-state index contributed by atoms with van der Waals surface area (Å²) >= 11 is 0. The summed E-state index contributed by atoms with van der Waals surface area (Å²) in [5, 5.41) is 2.17. The van der Waals surface area contributed by atoms with Crippen LogP contribution in [0, 0.1) is 16.7 Å². The van der Waals surface area contributed by atoms with Crippen molar-refractivity contribution in [1.29, 1.82) is 0 Å². The Morgan fingerprint density at radius 2 is 1.56 bits per heavy atom. The minimum absolute atomic E-state index is 0.0347. The number of imide groups is 1. The summed E-state index contributed by atoms with van der Waals surface area (Å²) in [6.07, 6.45) is 0.718. The van der Waals surface area contributed by atoms with Crippen molar-refractivity contribution in [2.24, 2.45) is 22.5 Å². The lowest BCUT2D eigenvalue weighted by molar-refractivity contribution is -0.128.